The molecule has 0 spiro atoms. The first kappa shape index (κ1) is 12.8. The van der Waals surface area contributed by atoms with Crippen molar-refractivity contribution in [2.45, 2.75) is 13.3 Å². The number of hydrogen-bond acceptors (Lipinski definition) is 3. The van der Waals surface area contributed by atoms with E-state index in [4.69, 9.17) is 22.7 Å². The molecule has 4 nitrogen and oxygen atoms in total. The molecule has 96 valence electrons. The molecule has 18 heavy (non-hydrogen) atoms. The number of carbonyl (C=O) groups excluding carboxylic acids is 1. The van der Waals surface area contributed by atoms with E-state index in [0.29, 0.717) is 23.7 Å². The normalized spacial score (nSPS) is 14.5. The van der Waals surface area contributed by atoms with Crippen LogP contribution in [-0.2, 0) is 6.42 Å². The Kier molecular flexibility index (Phi) is 3.81. The van der Waals surface area contributed by atoms with Crippen LogP contribution in [0.4, 0.5) is 0 Å². The topological polar surface area (TPSA) is 64.3 Å². The molecule has 2 rings (SSSR count). The zero-order chi connectivity index (χ0) is 13.1. The van der Waals surface area contributed by atoms with Gasteiger partial charge in [-0.05, 0) is 23.8 Å². The Morgan fingerprint density at radius 2 is 2.39 bits per heavy atom. The Bertz CT molecular complexity index is 488. The van der Waals surface area contributed by atoms with E-state index in [0.717, 1.165) is 17.7 Å². The van der Waals surface area contributed by atoms with Gasteiger partial charge < -0.3 is 15.8 Å². The molecule has 3 N–H and O–H groups in total. The molecule has 1 aliphatic heterocycles. The fourth-order valence-electron chi connectivity index (χ4n) is 1.78. The summed E-state index contributed by atoms with van der Waals surface area (Å²) < 4.78 is 5.40. The van der Waals surface area contributed by atoms with Crippen LogP contribution in [0.2, 0.25) is 0 Å². The Hall–Kier alpha value is -1.62. The van der Waals surface area contributed by atoms with Gasteiger partial charge in [-0.1, -0.05) is 19.1 Å². The summed E-state index contributed by atoms with van der Waals surface area (Å²) in [5.41, 5.74) is 7.23. The number of carbonyl (C=O) groups is 1. The van der Waals surface area contributed by atoms with Gasteiger partial charge in [0.05, 0.1) is 11.6 Å². The maximum Gasteiger partial charge on any atom is 0.251 e. The lowest BCUT2D eigenvalue weighted by atomic mass is 10.1. The van der Waals surface area contributed by atoms with E-state index in [1.807, 2.05) is 19.1 Å². The Morgan fingerprint density at radius 3 is 3.11 bits per heavy atom. The summed E-state index contributed by atoms with van der Waals surface area (Å²) >= 11 is 4.86. The molecule has 1 amide bonds. The molecule has 5 heteroatoms. The minimum absolute atomic E-state index is 0.00158. The van der Waals surface area contributed by atoms with E-state index >= 15 is 0 Å². The van der Waals surface area contributed by atoms with E-state index in [2.05, 4.69) is 5.32 Å². The Balaban J connectivity index is 1.99. The molecule has 1 unspecified atom stereocenters. The summed E-state index contributed by atoms with van der Waals surface area (Å²) in [6, 6.07) is 5.49. The maximum atomic E-state index is 11.9. The number of fused-ring (bicyclic) bond motifs is 1. The van der Waals surface area contributed by atoms with E-state index in [9.17, 15) is 4.79 Å². The van der Waals surface area contributed by atoms with Crippen LogP contribution in [0.5, 0.6) is 5.75 Å². The van der Waals surface area contributed by atoms with Gasteiger partial charge in [-0.3, -0.25) is 4.79 Å². The van der Waals surface area contributed by atoms with Gasteiger partial charge in [0.2, 0.25) is 0 Å². The van der Waals surface area contributed by atoms with Crippen LogP contribution in [0.15, 0.2) is 18.2 Å². The van der Waals surface area contributed by atoms with Crippen molar-refractivity contribution in [1.29, 1.82) is 0 Å². The van der Waals surface area contributed by atoms with E-state index in [1.165, 1.54) is 0 Å². The number of nitrogens with two attached hydrogens (primary N) is 1. The molecule has 1 heterocycles. The summed E-state index contributed by atoms with van der Waals surface area (Å²) in [6.07, 6.45) is 0.861. The predicted octanol–water partition coefficient (Wildman–Crippen LogP) is 1.27. The van der Waals surface area contributed by atoms with Gasteiger partial charge in [0.1, 0.15) is 5.75 Å². The van der Waals surface area contributed by atoms with Crippen LogP contribution < -0.4 is 15.8 Å². The molecule has 0 saturated carbocycles. The number of rotatable bonds is 4. The summed E-state index contributed by atoms with van der Waals surface area (Å²) in [4.78, 5) is 12.4. The SMILES string of the molecule is CC(CNC(=O)c1ccc2c(c1)CCO2)C(N)=S. The molecular formula is C13H16N2O2S. The van der Waals surface area contributed by atoms with Crippen molar-refractivity contribution >= 4 is 23.1 Å². The first-order valence-corrected chi connectivity index (χ1v) is 6.32. The van der Waals surface area contributed by atoms with Crippen LogP contribution in [0.1, 0.15) is 22.8 Å². The van der Waals surface area contributed by atoms with Gasteiger partial charge in [-0.25, -0.2) is 0 Å². The maximum absolute atomic E-state index is 11.9. The molecule has 0 fully saturated rings. The highest BCUT2D eigenvalue weighted by molar-refractivity contribution is 7.80. The number of ether oxygens (including phenoxy) is 1. The number of hydrogen-bond donors (Lipinski definition) is 2. The largest absolute Gasteiger partial charge is 0.493 e. The van der Waals surface area contributed by atoms with E-state index in [-0.39, 0.29) is 11.8 Å². The number of benzene rings is 1. The van der Waals surface area contributed by atoms with Gasteiger partial charge in [-0.15, -0.1) is 0 Å². The van der Waals surface area contributed by atoms with Gasteiger partial charge in [-0.2, -0.15) is 0 Å². The van der Waals surface area contributed by atoms with Gasteiger partial charge in [0.15, 0.2) is 0 Å². The fourth-order valence-corrected chi connectivity index (χ4v) is 1.86. The summed E-state index contributed by atoms with van der Waals surface area (Å²) in [5.74, 6) is 0.776. The minimum Gasteiger partial charge on any atom is -0.493 e. The van der Waals surface area contributed by atoms with Crippen molar-refractivity contribution in [2.24, 2.45) is 11.7 Å². The first-order chi connectivity index (χ1) is 8.58. The van der Waals surface area contributed by atoms with Crippen LogP contribution in [-0.4, -0.2) is 24.0 Å². The molecular weight excluding hydrogens is 248 g/mol. The zero-order valence-electron chi connectivity index (χ0n) is 10.2. The molecule has 0 aromatic heterocycles. The third-order valence-electron chi connectivity index (χ3n) is 3.01. The summed E-state index contributed by atoms with van der Waals surface area (Å²) in [6.45, 7) is 3.04. The average Bonchev–Trinajstić information content (AvgIpc) is 2.82. The molecule has 1 aromatic rings. The van der Waals surface area contributed by atoms with Gasteiger partial charge in [0.25, 0.3) is 5.91 Å². The Labute approximate surface area is 112 Å². The minimum atomic E-state index is -0.104. The molecule has 1 aromatic carbocycles. The number of amides is 1. The second-order valence-corrected chi connectivity index (χ2v) is 4.91. The van der Waals surface area contributed by atoms with E-state index in [1.54, 1.807) is 6.07 Å². The first-order valence-electron chi connectivity index (χ1n) is 5.91. The van der Waals surface area contributed by atoms with Crippen LogP contribution >= 0.6 is 12.2 Å². The lowest BCUT2D eigenvalue weighted by Gasteiger charge is -2.11. The lowest BCUT2D eigenvalue weighted by Crippen LogP contribution is -2.33. The molecule has 0 saturated heterocycles. The second-order valence-electron chi connectivity index (χ2n) is 4.43. The second kappa shape index (κ2) is 5.35. The monoisotopic (exact) mass is 264 g/mol. The molecule has 1 atom stereocenters. The number of nitrogens with one attached hydrogen (secondary N) is 1. The quantitative estimate of drug-likeness (QED) is 0.804. The van der Waals surface area contributed by atoms with Crippen LogP contribution in [0.3, 0.4) is 0 Å². The fraction of sp³-hybridized carbons (Fsp3) is 0.385. The van der Waals surface area contributed by atoms with Crippen molar-refractivity contribution < 1.29 is 9.53 Å². The summed E-state index contributed by atoms with van der Waals surface area (Å²) in [5, 5.41) is 2.82. The van der Waals surface area contributed by atoms with Crippen molar-refractivity contribution in [3.05, 3.63) is 29.3 Å². The zero-order valence-corrected chi connectivity index (χ0v) is 11.0. The van der Waals surface area contributed by atoms with Gasteiger partial charge in [0, 0.05) is 24.4 Å². The molecule has 1 aliphatic rings. The third-order valence-corrected chi connectivity index (χ3v) is 3.41. The number of thiocarbonyl (C=S) groups is 1. The van der Waals surface area contributed by atoms with Gasteiger partial charge >= 0.3 is 0 Å². The van der Waals surface area contributed by atoms with Crippen molar-refractivity contribution in [2.75, 3.05) is 13.2 Å². The molecule has 0 bridgehead atoms. The highest BCUT2D eigenvalue weighted by atomic mass is 32.1. The lowest BCUT2D eigenvalue weighted by molar-refractivity contribution is 0.0951. The van der Waals surface area contributed by atoms with Crippen molar-refractivity contribution in [3.63, 3.8) is 0 Å². The smallest absolute Gasteiger partial charge is 0.251 e. The summed E-state index contributed by atoms with van der Waals surface area (Å²) in [7, 11) is 0. The van der Waals surface area contributed by atoms with Crippen molar-refractivity contribution in [3.8, 4) is 5.75 Å². The predicted molar refractivity (Wildman–Crippen MR) is 73.9 cm³/mol. The molecule has 0 aliphatic carbocycles. The average molecular weight is 264 g/mol. The highest BCUT2D eigenvalue weighted by Gasteiger charge is 2.15. The van der Waals surface area contributed by atoms with Crippen LogP contribution in [0, 0.1) is 5.92 Å². The van der Waals surface area contributed by atoms with Crippen molar-refractivity contribution in [1.82, 2.24) is 5.32 Å². The van der Waals surface area contributed by atoms with E-state index < -0.39 is 0 Å². The molecule has 0 radical (unpaired) electrons. The standard InChI is InChI=1S/C13H16N2O2S/c1-8(12(14)18)7-15-13(16)10-2-3-11-9(6-10)4-5-17-11/h2-3,6,8H,4-5,7H2,1H3,(H2,14,18)(H,15,16). The third kappa shape index (κ3) is 2.79. The highest BCUT2D eigenvalue weighted by Crippen LogP contribution is 2.25. The Morgan fingerprint density at radius 1 is 1.61 bits per heavy atom. The van der Waals surface area contributed by atoms with Crippen LogP contribution in [0.25, 0.3) is 0 Å².